The Bertz CT molecular complexity index is 257. The Labute approximate surface area is 119 Å². The summed E-state index contributed by atoms with van der Waals surface area (Å²) >= 11 is 0. The molecule has 0 amide bonds. The van der Waals surface area contributed by atoms with E-state index in [-0.39, 0.29) is 0 Å². The van der Waals surface area contributed by atoms with Crippen molar-refractivity contribution in [2.45, 2.75) is 51.6 Å². The maximum absolute atomic E-state index is 3.65. The van der Waals surface area contributed by atoms with Crippen LogP contribution < -0.4 is 5.32 Å². The smallest absolute Gasteiger partial charge is 0.0136 e. The lowest BCUT2D eigenvalue weighted by Gasteiger charge is -2.48. The number of likely N-dealkylation sites (tertiary alicyclic amines) is 1. The molecule has 2 atom stereocenters. The van der Waals surface area contributed by atoms with Crippen molar-refractivity contribution in [2.24, 2.45) is 11.8 Å². The molecular weight excluding hydrogens is 234 g/mol. The Morgan fingerprint density at radius 2 is 1.79 bits per heavy atom. The van der Waals surface area contributed by atoms with Crippen LogP contribution >= 0.6 is 0 Å². The van der Waals surface area contributed by atoms with Crippen LogP contribution in [0.15, 0.2) is 0 Å². The second-order valence-corrected chi connectivity index (χ2v) is 7.19. The number of rotatable bonds is 6. The standard InChI is InChI=1S/C16H33N3/c1-13(2)11-17-12-14-5-6-16(14)19-9-7-15(8-10-19)18(3)4/h13-17H,5-12H2,1-4H3. The molecule has 0 radical (unpaired) electrons. The average molecular weight is 267 g/mol. The van der Waals surface area contributed by atoms with Gasteiger partial charge in [-0.15, -0.1) is 0 Å². The van der Waals surface area contributed by atoms with Gasteiger partial charge in [0.15, 0.2) is 0 Å². The Hall–Kier alpha value is -0.120. The van der Waals surface area contributed by atoms with Crippen molar-refractivity contribution in [3.05, 3.63) is 0 Å². The van der Waals surface area contributed by atoms with Gasteiger partial charge in [0, 0.05) is 12.1 Å². The van der Waals surface area contributed by atoms with E-state index < -0.39 is 0 Å². The molecule has 19 heavy (non-hydrogen) atoms. The number of piperidine rings is 1. The zero-order valence-electron chi connectivity index (χ0n) is 13.4. The fourth-order valence-corrected chi connectivity index (χ4v) is 3.56. The van der Waals surface area contributed by atoms with Gasteiger partial charge in [0.25, 0.3) is 0 Å². The third-order valence-electron chi connectivity index (χ3n) is 5.03. The quantitative estimate of drug-likeness (QED) is 0.794. The second kappa shape index (κ2) is 7.05. The van der Waals surface area contributed by atoms with E-state index >= 15 is 0 Å². The van der Waals surface area contributed by atoms with E-state index in [4.69, 9.17) is 0 Å². The summed E-state index contributed by atoms with van der Waals surface area (Å²) in [7, 11) is 4.45. The van der Waals surface area contributed by atoms with Gasteiger partial charge in [-0.3, -0.25) is 4.90 Å². The van der Waals surface area contributed by atoms with Gasteiger partial charge >= 0.3 is 0 Å². The van der Waals surface area contributed by atoms with Crippen LogP contribution in [0.4, 0.5) is 0 Å². The van der Waals surface area contributed by atoms with Crippen molar-refractivity contribution in [1.82, 2.24) is 15.1 Å². The molecule has 2 aliphatic rings. The highest BCUT2D eigenvalue weighted by molar-refractivity contribution is 4.92. The van der Waals surface area contributed by atoms with Crippen molar-refractivity contribution in [3.8, 4) is 0 Å². The number of hydrogen-bond donors (Lipinski definition) is 1. The van der Waals surface area contributed by atoms with Crippen molar-refractivity contribution < 1.29 is 0 Å². The first kappa shape index (κ1) is 15.3. The molecule has 0 spiro atoms. The molecule has 1 aliphatic heterocycles. The Balaban J connectivity index is 1.68. The van der Waals surface area contributed by atoms with Crippen molar-refractivity contribution in [3.63, 3.8) is 0 Å². The molecule has 1 N–H and O–H groups in total. The third-order valence-corrected chi connectivity index (χ3v) is 5.03. The average Bonchev–Trinajstić information content (AvgIpc) is 2.33. The molecule has 0 aromatic carbocycles. The Morgan fingerprint density at radius 3 is 2.26 bits per heavy atom. The van der Waals surface area contributed by atoms with Crippen LogP contribution in [0.1, 0.15) is 39.5 Å². The summed E-state index contributed by atoms with van der Waals surface area (Å²) in [6.07, 6.45) is 5.58. The minimum Gasteiger partial charge on any atom is -0.316 e. The molecule has 2 rings (SSSR count). The summed E-state index contributed by atoms with van der Waals surface area (Å²) in [5, 5.41) is 3.65. The molecule has 1 saturated heterocycles. The maximum Gasteiger partial charge on any atom is 0.0136 e. The predicted octanol–water partition coefficient (Wildman–Crippen LogP) is 2.04. The molecule has 1 heterocycles. The molecule has 3 nitrogen and oxygen atoms in total. The molecule has 1 aliphatic carbocycles. The van der Waals surface area contributed by atoms with Gasteiger partial charge in [-0.25, -0.2) is 0 Å². The number of nitrogens with zero attached hydrogens (tertiary/aromatic N) is 2. The minimum atomic E-state index is 0.773. The monoisotopic (exact) mass is 267 g/mol. The molecule has 2 unspecified atom stereocenters. The van der Waals surface area contributed by atoms with Gasteiger partial charge in [0.05, 0.1) is 0 Å². The lowest BCUT2D eigenvalue weighted by atomic mass is 9.77. The van der Waals surface area contributed by atoms with Gasteiger partial charge in [-0.1, -0.05) is 13.8 Å². The maximum atomic E-state index is 3.65. The summed E-state index contributed by atoms with van der Waals surface area (Å²) in [5.74, 6) is 1.68. The zero-order valence-corrected chi connectivity index (χ0v) is 13.4. The highest BCUT2D eigenvalue weighted by Crippen LogP contribution is 2.33. The SMILES string of the molecule is CC(C)CNCC1CCC1N1CCC(N(C)C)CC1. The first-order valence-corrected chi connectivity index (χ1v) is 8.19. The molecular formula is C16H33N3. The van der Waals surface area contributed by atoms with Crippen LogP contribution in [-0.4, -0.2) is 62.2 Å². The van der Waals surface area contributed by atoms with Crippen LogP contribution in [0.3, 0.4) is 0 Å². The van der Waals surface area contributed by atoms with Crippen LogP contribution in [-0.2, 0) is 0 Å². The Morgan fingerprint density at radius 1 is 1.11 bits per heavy atom. The van der Waals surface area contributed by atoms with Crippen LogP contribution in [0, 0.1) is 11.8 Å². The summed E-state index contributed by atoms with van der Waals surface area (Å²) in [5.41, 5.74) is 0. The van der Waals surface area contributed by atoms with Crippen molar-refractivity contribution in [2.75, 3.05) is 40.3 Å². The van der Waals surface area contributed by atoms with Crippen molar-refractivity contribution >= 4 is 0 Å². The van der Waals surface area contributed by atoms with E-state index in [1.807, 2.05) is 0 Å². The summed E-state index contributed by atoms with van der Waals surface area (Å²) < 4.78 is 0. The Kier molecular flexibility index (Phi) is 5.67. The topological polar surface area (TPSA) is 18.5 Å². The largest absolute Gasteiger partial charge is 0.316 e. The zero-order chi connectivity index (χ0) is 13.8. The van der Waals surface area contributed by atoms with Gasteiger partial charge in [-0.05, 0) is 77.8 Å². The molecule has 1 saturated carbocycles. The van der Waals surface area contributed by atoms with Crippen LogP contribution in [0.25, 0.3) is 0 Å². The summed E-state index contributed by atoms with van der Waals surface area (Å²) in [4.78, 5) is 5.17. The first-order chi connectivity index (χ1) is 9.08. The number of hydrogen-bond acceptors (Lipinski definition) is 3. The summed E-state index contributed by atoms with van der Waals surface area (Å²) in [6.45, 7) is 9.61. The lowest BCUT2D eigenvalue weighted by Crippen LogP contribution is -2.54. The van der Waals surface area contributed by atoms with E-state index in [0.717, 1.165) is 23.9 Å². The highest BCUT2D eigenvalue weighted by Gasteiger charge is 2.36. The number of nitrogens with one attached hydrogen (secondary N) is 1. The lowest BCUT2D eigenvalue weighted by molar-refractivity contribution is 0.0277. The van der Waals surface area contributed by atoms with Gasteiger partial charge < -0.3 is 10.2 Å². The van der Waals surface area contributed by atoms with E-state index in [1.165, 1.54) is 51.9 Å². The van der Waals surface area contributed by atoms with Gasteiger partial charge in [-0.2, -0.15) is 0 Å². The minimum absolute atomic E-state index is 0.773. The van der Waals surface area contributed by atoms with Crippen LogP contribution in [0.5, 0.6) is 0 Å². The summed E-state index contributed by atoms with van der Waals surface area (Å²) in [6, 6.07) is 1.69. The fraction of sp³-hybridized carbons (Fsp3) is 1.00. The highest BCUT2D eigenvalue weighted by atomic mass is 15.2. The van der Waals surface area contributed by atoms with E-state index in [1.54, 1.807) is 0 Å². The predicted molar refractivity (Wildman–Crippen MR) is 82.5 cm³/mol. The first-order valence-electron chi connectivity index (χ1n) is 8.19. The second-order valence-electron chi connectivity index (χ2n) is 7.19. The van der Waals surface area contributed by atoms with Crippen molar-refractivity contribution in [1.29, 1.82) is 0 Å². The van der Waals surface area contributed by atoms with E-state index in [0.29, 0.717) is 0 Å². The normalized spacial score (nSPS) is 30.0. The van der Waals surface area contributed by atoms with E-state index in [9.17, 15) is 0 Å². The molecule has 0 aromatic heterocycles. The van der Waals surface area contributed by atoms with Gasteiger partial charge in [0.1, 0.15) is 0 Å². The fourth-order valence-electron chi connectivity index (χ4n) is 3.56. The third kappa shape index (κ3) is 4.17. The molecule has 2 fully saturated rings. The van der Waals surface area contributed by atoms with Gasteiger partial charge in [0.2, 0.25) is 0 Å². The molecule has 0 bridgehead atoms. The van der Waals surface area contributed by atoms with Crippen LogP contribution in [0.2, 0.25) is 0 Å². The van der Waals surface area contributed by atoms with E-state index in [2.05, 4.69) is 43.1 Å². The molecule has 3 heteroatoms. The molecule has 0 aromatic rings. The molecule has 112 valence electrons.